The van der Waals surface area contributed by atoms with E-state index < -0.39 is 0 Å². The largest absolute Gasteiger partial charge is 0.490 e. The molecule has 0 aliphatic carbocycles. The predicted molar refractivity (Wildman–Crippen MR) is 126 cm³/mol. The van der Waals surface area contributed by atoms with Gasteiger partial charge >= 0.3 is 0 Å². The normalized spacial score (nSPS) is 10.3. The van der Waals surface area contributed by atoms with Crippen molar-refractivity contribution in [1.82, 2.24) is 15.3 Å². The zero-order valence-electron chi connectivity index (χ0n) is 18.0. The molecule has 1 amide bonds. The number of halogens is 1. The number of nitrogens with two attached hydrogens (primary N) is 2. The summed E-state index contributed by atoms with van der Waals surface area (Å²) in [5.74, 6) is 0.173. The maximum Gasteiger partial charge on any atom is 0.257 e. The number of benzene rings is 2. The lowest BCUT2D eigenvalue weighted by atomic mass is 10.1. The molecule has 10 heteroatoms. The first-order chi connectivity index (χ1) is 15.9. The molecule has 0 saturated carbocycles. The summed E-state index contributed by atoms with van der Waals surface area (Å²) in [6, 6.07) is 14.9. The van der Waals surface area contributed by atoms with Gasteiger partial charge < -0.3 is 26.3 Å². The second-order valence-electron chi connectivity index (χ2n) is 6.89. The van der Waals surface area contributed by atoms with Crippen molar-refractivity contribution in [2.75, 3.05) is 31.2 Å². The monoisotopic (exact) mass is 466 g/mol. The van der Waals surface area contributed by atoms with Crippen LogP contribution in [0.25, 0.3) is 11.3 Å². The van der Waals surface area contributed by atoms with Gasteiger partial charge in [0.25, 0.3) is 5.91 Å². The van der Waals surface area contributed by atoms with E-state index in [1.807, 2.05) is 36.4 Å². The number of nitrogens with one attached hydrogen (secondary N) is 1. The highest BCUT2D eigenvalue weighted by molar-refractivity contribution is 6.33. The van der Waals surface area contributed by atoms with E-state index in [0.717, 1.165) is 5.56 Å². The van der Waals surface area contributed by atoms with Crippen molar-refractivity contribution in [3.63, 3.8) is 0 Å². The first kappa shape index (κ1) is 23.6. The number of anilines is 2. The Kier molecular flexibility index (Phi) is 7.89. The molecule has 0 aliphatic rings. The quantitative estimate of drug-likeness (QED) is 0.435. The fourth-order valence-corrected chi connectivity index (χ4v) is 3.33. The first-order valence-corrected chi connectivity index (χ1v) is 10.5. The van der Waals surface area contributed by atoms with E-state index in [1.54, 1.807) is 13.0 Å². The minimum atomic E-state index is -0.281. The van der Waals surface area contributed by atoms with E-state index >= 15 is 0 Å². The average molecular weight is 467 g/mol. The number of ether oxygens (including phenoxy) is 2. The van der Waals surface area contributed by atoms with E-state index in [2.05, 4.69) is 15.3 Å². The number of hydrogen-bond acceptors (Lipinski definition) is 8. The lowest BCUT2D eigenvalue weighted by Crippen LogP contribution is -2.30. The van der Waals surface area contributed by atoms with Gasteiger partial charge in [0, 0.05) is 18.2 Å². The van der Waals surface area contributed by atoms with Crippen molar-refractivity contribution in [2.24, 2.45) is 0 Å². The molecule has 0 fully saturated rings. The van der Waals surface area contributed by atoms with Crippen LogP contribution in [0, 0.1) is 11.3 Å². The van der Waals surface area contributed by atoms with E-state index in [1.165, 1.54) is 6.07 Å². The molecule has 0 unspecified atom stereocenters. The number of nitriles is 1. The third-order valence-corrected chi connectivity index (χ3v) is 4.90. The van der Waals surface area contributed by atoms with Gasteiger partial charge in [0.1, 0.15) is 17.5 Å². The van der Waals surface area contributed by atoms with Crippen LogP contribution in [0.3, 0.4) is 0 Å². The standard InChI is InChI=1S/C23H23ClN6O3/c1-2-32-18-10-15(21-16(12-25)22(26)30-23(27)29-21)17(24)11-19(18)33-13-20(31)28-9-8-14-6-4-3-5-7-14/h3-7,10-11H,2,8-9,13H2,1H3,(H,28,31)(H4,26,27,29,30). The number of carbonyl (C=O) groups is 1. The zero-order chi connectivity index (χ0) is 23.8. The topological polar surface area (TPSA) is 149 Å². The van der Waals surface area contributed by atoms with Crippen LogP contribution in [0.5, 0.6) is 11.5 Å². The number of aromatic nitrogens is 2. The molecule has 0 saturated heterocycles. The Morgan fingerprint density at radius 1 is 1.15 bits per heavy atom. The molecule has 0 atom stereocenters. The summed E-state index contributed by atoms with van der Waals surface area (Å²) in [5, 5.41) is 12.5. The van der Waals surface area contributed by atoms with E-state index in [-0.39, 0.29) is 46.3 Å². The van der Waals surface area contributed by atoms with Crippen LogP contribution in [0.2, 0.25) is 5.02 Å². The Labute approximate surface area is 196 Å². The predicted octanol–water partition coefficient (Wildman–Crippen LogP) is 2.97. The Bertz CT molecular complexity index is 1180. The highest BCUT2D eigenvalue weighted by atomic mass is 35.5. The average Bonchev–Trinajstić information content (AvgIpc) is 2.79. The molecule has 3 aromatic rings. The van der Waals surface area contributed by atoms with Crippen LogP contribution >= 0.6 is 11.6 Å². The van der Waals surface area contributed by atoms with Gasteiger partial charge in [0.2, 0.25) is 5.95 Å². The third kappa shape index (κ3) is 6.02. The van der Waals surface area contributed by atoms with Gasteiger partial charge in [-0.2, -0.15) is 10.2 Å². The first-order valence-electron chi connectivity index (χ1n) is 10.2. The molecule has 1 aromatic heterocycles. The minimum absolute atomic E-state index is 0.0417. The summed E-state index contributed by atoms with van der Waals surface area (Å²) < 4.78 is 11.3. The SMILES string of the molecule is CCOc1cc(-c2nc(N)nc(N)c2C#N)c(Cl)cc1OCC(=O)NCCc1ccccc1. The van der Waals surface area contributed by atoms with Crippen LogP contribution in [-0.4, -0.2) is 35.6 Å². The van der Waals surface area contributed by atoms with E-state index in [9.17, 15) is 10.1 Å². The van der Waals surface area contributed by atoms with Gasteiger partial charge in [-0.05, 0) is 25.0 Å². The van der Waals surface area contributed by atoms with E-state index in [0.29, 0.717) is 30.9 Å². The molecule has 2 aromatic carbocycles. The van der Waals surface area contributed by atoms with Crippen molar-refractivity contribution >= 4 is 29.3 Å². The number of amides is 1. The highest BCUT2D eigenvalue weighted by Crippen LogP contribution is 2.39. The molecule has 0 spiro atoms. The van der Waals surface area contributed by atoms with Crippen molar-refractivity contribution in [2.45, 2.75) is 13.3 Å². The maximum absolute atomic E-state index is 12.2. The van der Waals surface area contributed by atoms with Crippen molar-refractivity contribution in [3.05, 3.63) is 58.6 Å². The van der Waals surface area contributed by atoms with Crippen molar-refractivity contribution in [3.8, 4) is 28.8 Å². The lowest BCUT2D eigenvalue weighted by molar-refractivity contribution is -0.123. The molecule has 0 bridgehead atoms. The third-order valence-electron chi connectivity index (χ3n) is 4.59. The summed E-state index contributed by atoms with van der Waals surface area (Å²) >= 11 is 6.45. The van der Waals surface area contributed by atoms with Gasteiger partial charge in [-0.1, -0.05) is 41.9 Å². The molecule has 0 aliphatic heterocycles. The number of rotatable bonds is 9. The zero-order valence-corrected chi connectivity index (χ0v) is 18.7. The number of nitrogens with zero attached hydrogens (tertiary/aromatic N) is 3. The summed E-state index contributed by atoms with van der Waals surface area (Å²) in [5.41, 5.74) is 13.2. The molecule has 9 nitrogen and oxygen atoms in total. The van der Waals surface area contributed by atoms with Gasteiger partial charge in [0.05, 0.1) is 17.3 Å². The minimum Gasteiger partial charge on any atom is -0.490 e. The Morgan fingerprint density at radius 2 is 1.88 bits per heavy atom. The number of carbonyl (C=O) groups excluding carboxylic acids is 1. The van der Waals surface area contributed by atoms with Crippen LogP contribution < -0.4 is 26.3 Å². The summed E-state index contributed by atoms with van der Waals surface area (Å²) in [4.78, 5) is 20.1. The number of nitrogen functional groups attached to an aromatic ring is 2. The van der Waals surface area contributed by atoms with Gasteiger partial charge in [-0.15, -0.1) is 0 Å². The fourth-order valence-electron chi connectivity index (χ4n) is 3.08. The van der Waals surface area contributed by atoms with Gasteiger partial charge in [-0.3, -0.25) is 4.79 Å². The molecule has 5 N–H and O–H groups in total. The van der Waals surface area contributed by atoms with Crippen molar-refractivity contribution in [1.29, 1.82) is 5.26 Å². The second-order valence-corrected chi connectivity index (χ2v) is 7.30. The molecular weight excluding hydrogens is 444 g/mol. The number of hydrogen-bond donors (Lipinski definition) is 3. The highest BCUT2D eigenvalue weighted by Gasteiger charge is 2.20. The van der Waals surface area contributed by atoms with Gasteiger partial charge in [-0.25, -0.2) is 4.98 Å². The summed E-state index contributed by atoms with van der Waals surface area (Å²) in [7, 11) is 0. The summed E-state index contributed by atoms with van der Waals surface area (Å²) in [6.07, 6.45) is 0.712. The Balaban J connectivity index is 1.75. The maximum atomic E-state index is 12.2. The molecule has 170 valence electrons. The van der Waals surface area contributed by atoms with Crippen LogP contribution in [0.15, 0.2) is 42.5 Å². The molecule has 0 radical (unpaired) electrons. The van der Waals surface area contributed by atoms with Crippen molar-refractivity contribution < 1.29 is 14.3 Å². The van der Waals surface area contributed by atoms with E-state index in [4.69, 9.17) is 32.5 Å². The Morgan fingerprint density at radius 3 is 2.58 bits per heavy atom. The Hall–Kier alpha value is -4.03. The summed E-state index contributed by atoms with van der Waals surface area (Å²) in [6.45, 7) is 2.40. The molecule has 1 heterocycles. The smallest absolute Gasteiger partial charge is 0.257 e. The lowest BCUT2D eigenvalue weighted by Gasteiger charge is -2.15. The molecular formula is C23H23ClN6O3. The van der Waals surface area contributed by atoms with Crippen LogP contribution in [0.4, 0.5) is 11.8 Å². The molecule has 3 rings (SSSR count). The van der Waals surface area contributed by atoms with Crippen LogP contribution in [-0.2, 0) is 11.2 Å². The van der Waals surface area contributed by atoms with Gasteiger partial charge in [0.15, 0.2) is 18.1 Å². The second kappa shape index (κ2) is 11.0. The molecule has 33 heavy (non-hydrogen) atoms. The fraction of sp³-hybridized carbons (Fsp3) is 0.217. The van der Waals surface area contributed by atoms with Crippen LogP contribution in [0.1, 0.15) is 18.1 Å².